The molecule has 1 saturated heterocycles. The molecule has 1 aromatic carbocycles. The predicted octanol–water partition coefficient (Wildman–Crippen LogP) is 3.03. The highest BCUT2D eigenvalue weighted by molar-refractivity contribution is 5.94. The molecular weight excluding hydrogens is 333 g/mol. The van der Waals surface area contributed by atoms with Crippen molar-refractivity contribution in [3.63, 3.8) is 0 Å². The minimum atomic E-state index is -0.395. The van der Waals surface area contributed by atoms with Crippen LogP contribution in [-0.4, -0.2) is 43.8 Å². The Hall–Kier alpha value is -3.09. The Balaban J connectivity index is 1.49. The summed E-state index contributed by atoms with van der Waals surface area (Å²) in [6.07, 6.45) is 8.36. The zero-order chi connectivity index (χ0) is 17.9. The number of piperidine rings is 1. The molecule has 1 aliphatic heterocycles. The summed E-state index contributed by atoms with van der Waals surface area (Å²) in [4.78, 5) is 30.6. The second-order valence-corrected chi connectivity index (χ2v) is 6.30. The topological polar surface area (TPSA) is 74.8 Å². The van der Waals surface area contributed by atoms with Crippen molar-refractivity contribution in [3.05, 3.63) is 66.1 Å². The fourth-order valence-corrected chi connectivity index (χ4v) is 3.38. The Labute approximate surface area is 150 Å². The van der Waals surface area contributed by atoms with Crippen LogP contribution in [-0.2, 0) is 0 Å². The summed E-state index contributed by atoms with van der Waals surface area (Å²) in [6.45, 7) is 1.21. The monoisotopic (exact) mass is 351 g/mol. The fourth-order valence-electron chi connectivity index (χ4n) is 3.38. The predicted molar refractivity (Wildman–Crippen MR) is 93.9 cm³/mol. The molecule has 1 aliphatic rings. The van der Waals surface area contributed by atoms with Crippen molar-refractivity contribution in [2.24, 2.45) is 0 Å². The number of carbonyl (C=O) groups is 1. The lowest BCUT2D eigenvalue weighted by Crippen LogP contribution is -2.38. The van der Waals surface area contributed by atoms with Gasteiger partial charge in [-0.3, -0.25) is 9.78 Å². The van der Waals surface area contributed by atoms with Crippen LogP contribution in [0.1, 0.15) is 34.8 Å². The van der Waals surface area contributed by atoms with E-state index in [-0.39, 0.29) is 11.8 Å². The number of aromatic nitrogens is 4. The normalized spacial score (nSPS) is 15.2. The number of nitrogens with zero attached hydrogens (tertiary/aromatic N) is 4. The third kappa shape index (κ3) is 3.20. The summed E-state index contributed by atoms with van der Waals surface area (Å²) in [6, 6.07) is 5.83. The number of rotatable bonds is 3. The number of likely N-dealkylation sites (tertiary alicyclic amines) is 1. The molecule has 4 rings (SSSR count). The maximum absolute atomic E-state index is 13.4. The number of imidazole rings is 1. The molecule has 1 N–H and O–H groups in total. The van der Waals surface area contributed by atoms with E-state index in [9.17, 15) is 9.18 Å². The maximum Gasteiger partial charge on any atom is 0.253 e. The third-order valence-corrected chi connectivity index (χ3v) is 4.69. The van der Waals surface area contributed by atoms with E-state index in [4.69, 9.17) is 0 Å². The molecule has 0 spiro atoms. The quantitative estimate of drug-likeness (QED) is 0.787. The molecule has 7 heteroatoms. The van der Waals surface area contributed by atoms with Crippen LogP contribution in [0, 0.1) is 5.82 Å². The summed E-state index contributed by atoms with van der Waals surface area (Å²) in [5, 5.41) is 0. The average Bonchev–Trinajstić information content (AvgIpc) is 3.22. The molecule has 132 valence electrons. The lowest BCUT2D eigenvalue weighted by Gasteiger charge is -2.32. The van der Waals surface area contributed by atoms with E-state index in [2.05, 4.69) is 19.9 Å². The Morgan fingerprint density at radius 3 is 2.65 bits per heavy atom. The summed E-state index contributed by atoms with van der Waals surface area (Å²) in [5.74, 6) is 0.383. The SMILES string of the molecule is O=C(c1cccc(F)c1)N1CCC(c2nccnc2-c2ncc[nH]2)CC1. The van der Waals surface area contributed by atoms with Crippen molar-refractivity contribution in [1.29, 1.82) is 0 Å². The molecule has 3 heterocycles. The summed E-state index contributed by atoms with van der Waals surface area (Å²) in [5.41, 5.74) is 2.05. The first-order valence-corrected chi connectivity index (χ1v) is 8.58. The molecule has 1 amide bonds. The van der Waals surface area contributed by atoms with Crippen molar-refractivity contribution in [3.8, 4) is 11.5 Å². The van der Waals surface area contributed by atoms with Gasteiger partial charge in [0.05, 0.1) is 5.69 Å². The lowest BCUT2D eigenvalue weighted by molar-refractivity contribution is 0.0711. The standard InChI is InChI=1S/C19H18FN5O/c20-15-3-1-2-14(12-15)19(26)25-10-4-13(5-11-25)16-17(22-7-6-21-16)18-23-8-9-24-18/h1-3,6-9,12-13H,4-5,10-11H2,(H,23,24). The summed E-state index contributed by atoms with van der Waals surface area (Å²) < 4.78 is 13.4. The molecular formula is C19H18FN5O. The van der Waals surface area contributed by atoms with Gasteiger partial charge >= 0.3 is 0 Å². The summed E-state index contributed by atoms with van der Waals surface area (Å²) in [7, 11) is 0. The first kappa shape index (κ1) is 16.4. The van der Waals surface area contributed by atoms with Crippen LogP contribution in [0.5, 0.6) is 0 Å². The number of benzene rings is 1. The van der Waals surface area contributed by atoms with Crippen LogP contribution in [0.4, 0.5) is 4.39 Å². The van der Waals surface area contributed by atoms with Gasteiger partial charge in [-0.25, -0.2) is 14.4 Å². The number of hydrogen-bond donors (Lipinski definition) is 1. The number of carbonyl (C=O) groups excluding carboxylic acids is 1. The van der Waals surface area contributed by atoms with Gasteiger partial charge in [0.1, 0.15) is 11.5 Å². The van der Waals surface area contributed by atoms with Gasteiger partial charge in [0.2, 0.25) is 0 Å². The smallest absolute Gasteiger partial charge is 0.253 e. The van der Waals surface area contributed by atoms with Gasteiger partial charge in [-0.05, 0) is 31.0 Å². The van der Waals surface area contributed by atoms with E-state index in [0.29, 0.717) is 24.5 Å². The first-order valence-electron chi connectivity index (χ1n) is 8.58. The van der Waals surface area contributed by atoms with Gasteiger partial charge in [-0.1, -0.05) is 6.07 Å². The van der Waals surface area contributed by atoms with Crippen LogP contribution in [0.15, 0.2) is 49.1 Å². The molecule has 1 fully saturated rings. The largest absolute Gasteiger partial charge is 0.343 e. The number of aromatic amines is 1. The highest BCUT2D eigenvalue weighted by Crippen LogP contribution is 2.31. The molecule has 0 bridgehead atoms. The van der Waals surface area contributed by atoms with Gasteiger partial charge in [0, 0.05) is 49.4 Å². The molecule has 0 saturated carbocycles. The highest BCUT2D eigenvalue weighted by Gasteiger charge is 2.28. The van der Waals surface area contributed by atoms with Crippen LogP contribution in [0.25, 0.3) is 11.5 Å². The van der Waals surface area contributed by atoms with Crippen LogP contribution < -0.4 is 0 Å². The van der Waals surface area contributed by atoms with Crippen molar-refractivity contribution in [2.75, 3.05) is 13.1 Å². The second kappa shape index (κ2) is 7.03. The zero-order valence-electron chi connectivity index (χ0n) is 14.1. The van der Waals surface area contributed by atoms with E-state index in [1.54, 1.807) is 41.8 Å². The Morgan fingerprint density at radius 2 is 1.92 bits per heavy atom. The minimum absolute atomic E-state index is 0.131. The van der Waals surface area contributed by atoms with Crippen molar-refractivity contribution < 1.29 is 9.18 Å². The molecule has 0 aliphatic carbocycles. The minimum Gasteiger partial charge on any atom is -0.343 e. The molecule has 2 aromatic heterocycles. The molecule has 0 radical (unpaired) electrons. The van der Waals surface area contributed by atoms with Crippen LogP contribution in [0.3, 0.4) is 0 Å². The summed E-state index contributed by atoms with van der Waals surface area (Å²) >= 11 is 0. The van der Waals surface area contributed by atoms with E-state index in [0.717, 1.165) is 24.2 Å². The van der Waals surface area contributed by atoms with E-state index < -0.39 is 5.82 Å². The molecule has 0 atom stereocenters. The fraction of sp³-hybridized carbons (Fsp3) is 0.263. The van der Waals surface area contributed by atoms with Gasteiger partial charge in [-0.2, -0.15) is 0 Å². The Kier molecular flexibility index (Phi) is 4.43. The van der Waals surface area contributed by atoms with Crippen molar-refractivity contribution in [1.82, 2.24) is 24.8 Å². The maximum atomic E-state index is 13.4. The third-order valence-electron chi connectivity index (χ3n) is 4.69. The van der Waals surface area contributed by atoms with Gasteiger partial charge in [0.25, 0.3) is 5.91 Å². The van der Waals surface area contributed by atoms with Gasteiger partial charge < -0.3 is 9.88 Å². The van der Waals surface area contributed by atoms with Crippen molar-refractivity contribution in [2.45, 2.75) is 18.8 Å². The van der Waals surface area contributed by atoms with Crippen LogP contribution >= 0.6 is 0 Å². The lowest BCUT2D eigenvalue weighted by atomic mass is 9.91. The number of amides is 1. The number of hydrogen-bond acceptors (Lipinski definition) is 4. The second-order valence-electron chi connectivity index (χ2n) is 6.30. The zero-order valence-corrected chi connectivity index (χ0v) is 14.1. The van der Waals surface area contributed by atoms with E-state index >= 15 is 0 Å². The Bertz CT molecular complexity index is 904. The number of nitrogens with one attached hydrogen (secondary N) is 1. The molecule has 3 aromatic rings. The molecule has 0 unspecified atom stereocenters. The molecule has 6 nitrogen and oxygen atoms in total. The highest BCUT2D eigenvalue weighted by atomic mass is 19.1. The van der Waals surface area contributed by atoms with Gasteiger partial charge in [0.15, 0.2) is 5.82 Å². The average molecular weight is 351 g/mol. The molecule has 26 heavy (non-hydrogen) atoms. The van der Waals surface area contributed by atoms with E-state index in [1.807, 2.05) is 0 Å². The van der Waals surface area contributed by atoms with E-state index in [1.165, 1.54) is 12.1 Å². The van der Waals surface area contributed by atoms with Crippen LogP contribution in [0.2, 0.25) is 0 Å². The van der Waals surface area contributed by atoms with Gasteiger partial charge in [-0.15, -0.1) is 0 Å². The Morgan fingerprint density at radius 1 is 1.12 bits per heavy atom. The number of halogens is 1. The first-order chi connectivity index (χ1) is 12.7. The van der Waals surface area contributed by atoms with Crippen molar-refractivity contribution >= 4 is 5.91 Å². The number of H-pyrrole nitrogens is 1.